The standard InChI is InChI=1S/C23H22N4O2/c1-17(28)24-22(18-8-4-2-5-9-18)16-23(29)25-19-12-14-21(15-13-19)27-26-20-10-6-3-7-11-20/h2-15,22H,16H2,1H3,(H,24,28)(H,25,29)/t22-/m0/s1. The molecule has 3 rings (SSSR count). The Bertz CT molecular complexity index is 971. The van der Waals surface area contributed by atoms with Crippen LogP contribution in [0.1, 0.15) is 24.9 Å². The molecule has 0 aliphatic rings. The van der Waals surface area contributed by atoms with Crippen LogP contribution >= 0.6 is 0 Å². The summed E-state index contributed by atoms with van der Waals surface area (Å²) in [6.07, 6.45) is 0.138. The number of nitrogens with zero attached hydrogens (tertiary/aromatic N) is 2. The molecule has 0 radical (unpaired) electrons. The molecule has 6 nitrogen and oxygen atoms in total. The molecule has 0 heterocycles. The number of nitrogens with one attached hydrogen (secondary N) is 2. The normalized spacial score (nSPS) is 11.8. The fraction of sp³-hybridized carbons (Fsp3) is 0.130. The molecule has 3 aromatic rings. The van der Waals surface area contributed by atoms with Gasteiger partial charge in [0.2, 0.25) is 11.8 Å². The first-order chi connectivity index (χ1) is 14.1. The second-order valence-corrected chi connectivity index (χ2v) is 6.50. The van der Waals surface area contributed by atoms with E-state index in [1.54, 1.807) is 24.3 Å². The van der Waals surface area contributed by atoms with Crippen LogP contribution < -0.4 is 10.6 Å². The van der Waals surface area contributed by atoms with Crippen LogP contribution in [-0.2, 0) is 9.59 Å². The molecular weight excluding hydrogens is 364 g/mol. The maximum absolute atomic E-state index is 12.5. The number of benzene rings is 3. The number of hydrogen-bond acceptors (Lipinski definition) is 4. The Labute approximate surface area is 169 Å². The molecule has 0 aliphatic carbocycles. The van der Waals surface area contributed by atoms with E-state index in [0.29, 0.717) is 11.4 Å². The minimum atomic E-state index is -0.382. The Morgan fingerprint density at radius 2 is 1.34 bits per heavy atom. The van der Waals surface area contributed by atoms with Crippen molar-refractivity contribution >= 4 is 28.9 Å². The van der Waals surface area contributed by atoms with Crippen molar-refractivity contribution in [3.05, 3.63) is 90.5 Å². The van der Waals surface area contributed by atoms with Crippen molar-refractivity contribution < 1.29 is 9.59 Å². The third kappa shape index (κ3) is 6.39. The molecule has 1 atom stereocenters. The van der Waals surface area contributed by atoms with Crippen molar-refractivity contribution in [3.8, 4) is 0 Å². The largest absolute Gasteiger partial charge is 0.349 e. The summed E-state index contributed by atoms with van der Waals surface area (Å²) in [4.78, 5) is 24.0. The predicted octanol–water partition coefficient (Wildman–Crippen LogP) is 5.31. The quantitative estimate of drug-likeness (QED) is 0.540. The minimum Gasteiger partial charge on any atom is -0.349 e. The highest BCUT2D eigenvalue weighted by atomic mass is 16.2. The van der Waals surface area contributed by atoms with Crippen LogP contribution in [0.25, 0.3) is 0 Å². The average molecular weight is 386 g/mol. The molecule has 0 unspecified atom stereocenters. The lowest BCUT2D eigenvalue weighted by atomic mass is 10.0. The number of carbonyl (C=O) groups is 2. The molecule has 0 spiro atoms. The van der Waals surface area contributed by atoms with Crippen LogP contribution in [0.2, 0.25) is 0 Å². The first-order valence-electron chi connectivity index (χ1n) is 9.29. The molecule has 146 valence electrons. The van der Waals surface area contributed by atoms with Crippen molar-refractivity contribution in [1.29, 1.82) is 0 Å². The highest BCUT2D eigenvalue weighted by Crippen LogP contribution is 2.21. The van der Waals surface area contributed by atoms with Crippen LogP contribution in [0, 0.1) is 0 Å². The Balaban J connectivity index is 1.60. The van der Waals surface area contributed by atoms with E-state index < -0.39 is 0 Å². The number of azo groups is 1. The average Bonchev–Trinajstić information content (AvgIpc) is 2.74. The molecule has 0 saturated carbocycles. The maximum Gasteiger partial charge on any atom is 0.226 e. The predicted molar refractivity (Wildman–Crippen MR) is 113 cm³/mol. The molecule has 6 heteroatoms. The molecule has 0 aromatic heterocycles. The number of anilines is 1. The number of rotatable bonds is 7. The fourth-order valence-corrected chi connectivity index (χ4v) is 2.80. The topological polar surface area (TPSA) is 82.9 Å². The van der Waals surface area contributed by atoms with E-state index in [0.717, 1.165) is 11.3 Å². The van der Waals surface area contributed by atoms with Crippen LogP contribution in [0.3, 0.4) is 0 Å². The summed E-state index contributed by atoms with van der Waals surface area (Å²) in [6, 6.07) is 25.6. The van der Waals surface area contributed by atoms with E-state index in [-0.39, 0.29) is 24.3 Å². The Hall–Kier alpha value is -3.80. The van der Waals surface area contributed by atoms with Gasteiger partial charge in [-0.15, -0.1) is 0 Å². The minimum absolute atomic E-state index is 0.138. The summed E-state index contributed by atoms with van der Waals surface area (Å²) in [7, 11) is 0. The van der Waals surface area contributed by atoms with Gasteiger partial charge in [0.05, 0.1) is 23.8 Å². The van der Waals surface area contributed by atoms with Crippen molar-refractivity contribution in [2.75, 3.05) is 5.32 Å². The third-order valence-corrected chi connectivity index (χ3v) is 4.16. The molecule has 2 amide bonds. The Morgan fingerprint density at radius 3 is 1.93 bits per heavy atom. The third-order valence-electron chi connectivity index (χ3n) is 4.16. The van der Waals surface area contributed by atoms with Gasteiger partial charge in [0.25, 0.3) is 0 Å². The first kappa shape index (κ1) is 19.9. The SMILES string of the molecule is CC(=O)N[C@@H](CC(=O)Nc1ccc(N=Nc2ccccc2)cc1)c1ccccc1. The number of hydrogen-bond donors (Lipinski definition) is 2. The summed E-state index contributed by atoms with van der Waals surface area (Å²) in [5.74, 6) is -0.369. The van der Waals surface area contributed by atoms with E-state index >= 15 is 0 Å². The second-order valence-electron chi connectivity index (χ2n) is 6.50. The van der Waals surface area contributed by atoms with Crippen molar-refractivity contribution in [1.82, 2.24) is 5.32 Å². The van der Waals surface area contributed by atoms with Gasteiger partial charge in [0.15, 0.2) is 0 Å². The van der Waals surface area contributed by atoms with Gasteiger partial charge in [0.1, 0.15) is 0 Å². The van der Waals surface area contributed by atoms with Gasteiger partial charge in [0, 0.05) is 12.6 Å². The van der Waals surface area contributed by atoms with Gasteiger partial charge in [-0.05, 0) is 42.0 Å². The van der Waals surface area contributed by atoms with Crippen LogP contribution in [0.4, 0.5) is 17.1 Å². The van der Waals surface area contributed by atoms with Gasteiger partial charge < -0.3 is 10.6 Å². The van der Waals surface area contributed by atoms with Gasteiger partial charge >= 0.3 is 0 Å². The number of carbonyl (C=O) groups excluding carboxylic acids is 2. The smallest absolute Gasteiger partial charge is 0.226 e. The highest BCUT2D eigenvalue weighted by molar-refractivity contribution is 5.91. The summed E-state index contributed by atoms with van der Waals surface area (Å²) < 4.78 is 0. The lowest BCUT2D eigenvalue weighted by Gasteiger charge is -2.18. The van der Waals surface area contributed by atoms with E-state index in [2.05, 4.69) is 20.9 Å². The van der Waals surface area contributed by atoms with E-state index in [1.165, 1.54) is 6.92 Å². The van der Waals surface area contributed by atoms with Gasteiger partial charge in [-0.25, -0.2) is 0 Å². The monoisotopic (exact) mass is 386 g/mol. The lowest BCUT2D eigenvalue weighted by Crippen LogP contribution is -2.29. The maximum atomic E-state index is 12.5. The van der Waals surface area contributed by atoms with E-state index in [1.807, 2.05) is 60.7 Å². The first-order valence-corrected chi connectivity index (χ1v) is 9.29. The zero-order valence-corrected chi connectivity index (χ0v) is 16.1. The molecule has 3 aromatic carbocycles. The van der Waals surface area contributed by atoms with E-state index in [4.69, 9.17) is 0 Å². The van der Waals surface area contributed by atoms with Crippen LogP contribution in [0.15, 0.2) is 95.2 Å². The molecule has 2 N–H and O–H groups in total. The van der Waals surface area contributed by atoms with Crippen molar-refractivity contribution in [2.45, 2.75) is 19.4 Å². The number of amides is 2. The zero-order valence-electron chi connectivity index (χ0n) is 16.1. The van der Waals surface area contributed by atoms with Gasteiger partial charge in [-0.2, -0.15) is 10.2 Å². The van der Waals surface area contributed by atoms with E-state index in [9.17, 15) is 9.59 Å². The zero-order chi connectivity index (χ0) is 20.5. The molecule has 29 heavy (non-hydrogen) atoms. The Morgan fingerprint density at radius 1 is 0.793 bits per heavy atom. The molecule has 0 fully saturated rings. The summed E-state index contributed by atoms with van der Waals surface area (Å²) in [5, 5.41) is 14.0. The molecule has 0 aliphatic heterocycles. The van der Waals surface area contributed by atoms with Crippen molar-refractivity contribution in [2.24, 2.45) is 10.2 Å². The van der Waals surface area contributed by atoms with Gasteiger partial charge in [-0.3, -0.25) is 9.59 Å². The van der Waals surface area contributed by atoms with Gasteiger partial charge in [-0.1, -0.05) is 48.5 Å². The Kier molecular flexibility index (Phi) is 6.84. The fourth-order valence-electron chi connectivity index (χ4n) is 2.80. The molecule has 0 saturated heterocycles. The lowest BCUT2D eigenvalue weighted by molar-refractivity contribution is -0.120. The summed E-state index contributed by atoms with van der Waals surface area (Å²) in [5.41, 5.74) is 3.00. The van der Waals surface area contributed by atoms with Crippen LogP contribution in [-0.4, -0.2) is 11.8 Å². The summed E-state index contributed by atoms with van der Waals surface area (Å²) >= 11 is 0. The van der Waals surface area contributed by atoms with Crippen LogP contribution in [0.5, 0.6) is 0 Å². The summed E-state index contributed by atoms with van der Waals surface area (Å²) in [6.45, 7) is 1.44. The second kappa shape index (κ2) is 9.94. The van der Waals surface area contributed by atoms with Crippen molar-refractivity contribution in [3.63, 3.8) is 0 Å². The molecule has 0 bridgehead atoms. The molecular formula is C23H22N4O2. The highest BCUT2D eigenvalue weighted by Gasteiger charge is 2.17.